The number of nitrogens with zero attached hydrogens (tertiary/aromatic N) is 3. The first-order valence-electron chi connectivity index (χ1n) is 11.1. The zero-order chi connectivity index (χ0) is 21.2. The smallest absolute Gasteiger partial charge is 0.262 e. The molecule has 5 rings (SSSR count). The molecule has 162 valence electrons. The van der Waals surface area contributed by atoms with Crippen LogP contribution < -0.4 is 10.3 Å². The summed E-state index contributed by atoms with van der Waals surface area (Å²) in [6.07, 6.45) is 8.66. The quantitative estimate of drug-likeness (QED) is 0.605. The molecule has 0 radical (unpaired) electrons. The van der Waals surface area contributed by atoms with Gasteiger partial charge in [0.2, 0.25) is 0 Å². The van der Waals surface area contributed by atoms with Crippen molar-refractivity contribution in [3.05, 3.63) is 57.5 Å². The highest BCUT2D eigenvalue weighted by atomic mass is 32.1. The minimum absolute atomic E-state index is 0.0245. The summed E-state index contributed by atoms with van der Waals surface area (Å²) < 4.78 is 7.44. The maximum absolute atomic E-state index is 13.2. The summed E-state index contributed by atoms with van der Waals surface area (Å²) in [4.78, 5) is 34.2. The second-order valence-electron chi connectivity index (χ2n) is 8.56. The van der Waals surface area contributed by atoms with E-state index in [0.29, 0.717) is 31.2 Å². The number of rotatable bonds is 5. The first-order chi connectivity index (χ1) is 15.2. The van der Waals surface area contributed by atoms with Gasteiger partial charge in [-0.25, -0.2) is 4.98 Å². The van der Waals surface area contributed by atoms with Crippen LogP contribution in [0, 0.1) is 5.92 Å². The monoisotopic (exact) mass is 437 g/mol. The lowest BCUT2D eigenvalue weighted by molar-refractivity contribution is -0.134. The second-order valence-corrected chi connectivity index (χ2v) is 9.64. The number of para-hydroxylation sites is 1. The Kier molecular flexibility index (Phi) is 5.76. The van der Waals surface area contributed by atoms with Crippen LogP contribution in [0.5, 0.6) is 5.75 Å². The maximum Gasteiger partial charge on any atom is 0.262 e. The number of fused-ring (bicyclic) bond motifs is 3. The van der Waals surface area contributed by atoms with Crippen LogP contribution in [0.4, 0.5) is 0 Å². The molecule has 0 N–H and O–H groups in total. The highest BCUT2D eigenvalue weighted by molar-refractivity contribution is 7.18. The van der Waals surface area contributed by atoms with Gasteiger partial charge in [-0.3, -0.25) is 14.2 Å². The second kappa shape index (κ2) is 8.83. The van der Waals surface area contributed by atoms with Gasteiger partial charge in [0.05, 0.1) is 18.3 Å². The van der Waals surface area contributed by atoms with Crippen molar-refractivity contribution in [2.75, 3.05) is 13.2 Å². The highest BCUT2D eigenvalue weighted by Crippen LogP contribution is 2.32. The summed E-state index contributed by atoms with van der Waals surface area (Å²) in [5.41, 5.74) is 1.17. The standard InChI is InChI=1S/C24H27N3O3S/c28-21(15-30-18-9-5-2-6-10-18)26-12-11-19-20(14-26)31-23-22(19)24(29)27(16-25-23)13-17-7-3-1-4-8-17/h2,5-6,9-10,16-17H,1,3-4,7-8,11-15H2. The summed E-state index contributed by atoms with van der Waals surface area (Å²) in [6, 6.07) is 9.38. The number of aromatic nitrogens is 2. The fourth-order valence-corrected chi connectivity index (χ4v) is 5.96. The van der Waals surface area contributed by atoms with E-state index in [9.17, 15) is 9.59 Å². The molecule has 0 spiro atoms. The first-order valence-corrected chi connectivity index (χ1v) is 12.0. The van der Waals surface area contributed by atoms with Crippen molar-refractivity contribution in [1.82, 2.24) is 14.5 Å². The van der Waals surface area contributed by atoms with Crippen LogP contribution in [0.15, 0.2) is 41.5 Å². The average molecular weight is 438 g/mol. The molecule has 0 saturated heterocycles. The van der Waals surface area contributed by atoms with Crippen molar-refractivity contribution in [1.29, 1.82) is 0 Å². The molecule has 3 heterocycles. The molecule has 31 heavy (non-hydrogen) atoms. The number of carbonyl (C=O) groups is 1. The van der Waals surface area contributed by atoms with Crippen molar-refractivity contribution < 1.29 is 9.53 Å². The van der Waals surface area contributed by atoms with Gasteiger partial charge in [0.25, 0.3) is 11.5 Å². The molecule has 1 saturated carbocycles. The summed E-state index contributed by atoms with van der Waals surface area (Å²) in [5.74, 6) is 1.24. The average Bonchev–Trinajstić information content (AvgIpc) is 3.19. The molecule has 0 bridgehead atoms. The van der Waals surface area contributed by atoms with Gasteiger partial charge in [-0.15, -0.1) is 11.3 Å². The summed E-state index contributed by atoms with van der Waals surface area (Å²) in [5, 5.41) is 0.769. The number of benzene rings is 1. The predicted molar refractivity (Wildman–Crippen MR) is 122 cm³/mol. The summed E-state index contributed by atoms with van der Waals surface area (Å²) in [7, 11) is 0. The number of carbonyl (C=O) groups excluding carboxylic acids is 1. The Morgan fingerprint density at radius 1 is 1.16 bits per heavy atom. The van der Waals surface area contributed by atoms with E-state index < -0.39 is 0 Å². The largest absolute Gasteiger partial charge is 0.484 e. The normalized spacial score (nSPS) is 17.0. The third-order valence-electron chi connectivity index (χ3n) is 6.47. The highest BCUT2D eigenvalue weighted by Gasteiger charge is 2.27. The fraction of sp³-hybridized carbons (Fsp3) is 0.458. The minimum Gasteiger partial charge on any atom is -0.484 e. The summed E-state index contributed by atoms with van der Waals surface area (Å²) >= 11 is 1.55. The lowest BCUT2D eigenvalue weighted by Crippen LogP contribution is -2.38. The Morgan fingerprint density at radius 2 is 1.97 bits per heavy atom. The van der Waals surface area contributed by atoms with Gasteiger partial charge < -0.3 is 9.64 Å². The maximum atomic E-state index is 13.2. The number of hydrogen-bond donors (Lipinski definition) is 0. The number of thiophene rings is 1. The van der Waals surface area contributed by atoms with Gasteiger partial charge in [-0.05, 0) is 42.9 Å². The first kappa shape index (κ1) is 20.2. The van der Waals surface area contributed by atoms with Crippen LogP contribution in [-0.4, -0.2) is 33.5 Å². The van der Waals surface area contributed by atoms with Crippen molar-refractivity contribution in [2.45, 2.75) is 51.6 Å². The zero-order valence-electron chi connectivity index (χ0n) is 17.6. The molecular weight excluding hydrogens is 410 g/mol. The van der Waals surface area contributed by atoms with Crippen molar-refractivity contribution in [3.63, 3.8) is 0 Å². The third-order valence-corrected chi connectivity index (χ3v) is 7.59. The zero-order valence-corrected chi connectivity index (χ0v) is 18.4. The number of hydrogen-bond acceptors (Lipinski definition) is 5. The molecular formula is C24H27N3O3S. The molecule has 1 fully saturated rings. The van der Waals surface area contributed by atoms with E-state index in [2.05, 4.69) is 4.98 Å². The topological polar surface area (TPSA) is 64.4 Å². The molecule has 1 aliphatic heterocycles. The molecule has 7 heteroatoms. The molecule has 1 aliphatic carbocycles. The number of ether oxygens (including phenoxy) is 1. The van der Waals surface area contributed by atoms with Gasteiger partial charge in [0.1, 0.15) is 10.6 Å². The summed E-state index contributed by atoms with van der Waals surface area (Å²) in [6.45, 7) is 1.92. The van der Waals surface area contributed by atoms with Gasteiger partial charge >= 0.3 is 0 Å². The van der Waals surface area contributed by atoms with Gasteiger partial charge in [0, 0.05) is 18.0 Å². The van der Waals surface area contributed by atoms with Crippen LogP contribution in [0.3, 0.4) is 0 Å². The van der Waals surface area contributed by atoms with Gasteiger partial charge in [-0.1, -0.05) is 37.5 Å². The van der Waals surface area contributed by atoms with Crippen LogP contribution >= 0.6 is 11.3 Å². The van der Waals surface area contributed by atoms with Crippen LogP contribution in [0.25, 0.3) is 10.2 Å². The van der Waals surface area contributed by atoms with E-state index in [1.165, 1.54) is 32.1 Å². The molecule has 6 nitrogen and oxygen atoms in total. The van der Waals surface area contributed by atoms with E-state index in [4.69, 9.17) is 4.74 Å². The molecule has 3 aromatic rings. The molecule has 1 amide bonds. The molecule has 2 aliphatic rings. The number of amides is 1. The fourth-order valence-electron chi connectivity index (χ4n) is 4.76. The lowest BCUT2D eigenvalue weighted by Gasteiger charge is -2.27. The van der Waals surface area contributed by atoms with Crippen molar-refractivity contribution in [2.24, 2.45) is 5.92 Å². The van der Waals surface area contributed by atoms with Crippen molar-refractivity contribution >= 4 is 27.5 Å². The van der Waals surface area contributed by atoms with E-state index >= 15 is 0 Å². The minimum atomic E-state index is -0.0328. The van der Waals surface area contributed by atoms with Crippen molar-refractivity contribution in [3.8, 4) is 5.75 Å². The Morgan fingerprint density at radius 3 is 2.77 bits per heavy atom. The Labute approximate surface area is 185 Å². The molecule has 2 aromatic heterocycles. The van der Waals surface area contributed by atoms with E-state index in [0.717, 1.165) is 27.2 Å². The molecule has 1 aromatic carbocycles. The van der Waals surface area contributed by atoms with Crippen LogP contribution in [0.1, 0.15) is 42.5 Å². The third kappa shape index (κ3) is 4.24. The Bertz CT molecular complexity index is 1130. The molecule has 0 unspecified atom stereocenters. The SMILES string of the molecule is O=C(COc1ccccc1)N1CCc2c(sc3ncn(CC4CCCCC4)c(=O)c23)C1. The lowest BCUT2D eigenvalue weighted by atomic mass is 9.89. The van der Waals surface area contributed by atoms with E-state index in [-0.39, 0.29) is 18.1 Å². The van der Waals surface area contributed by atoms with Gasteiger partial charge in [0.15, 0.2) is 6.61 Å². The van der Waals surface area contributed by atoms with E-state index in [1.807, 2.05) is 39.8 Å². The Balaban J connectivity index is 1.31. The molecule has 0 atom stereocenters. The Hall–Kier alpha value is -2.67. The van der Waals surface area contributed by atoms with Crippen LogP contribution in [0.2, 0.25) is 0 Å². The predicted octanol–water partition coefficient (Wildman–Crippen LogP) is 4.00. The van der Waals surface area contributed by atoms with Gasteiger partial charge in [-0.2, -0.15) is 0 Å². The van der Waals surface area contributed by atoms with Crippen LogP contribution in [-0.2, 0) is 24.3 Å². The van der Waals surface area contributed by atoms with E-state index in [1.54, 1.807) is 17.7 Å².